The van der Waals surface area contributed by atoms with Gasteiger partial charge in [0.15, 0.2) is 0 Å². The van der Waals surface area contributed by atoms with Crippen molar-refractivity contribution in [3.8, 4) is 0 Å². The van der Waals surface area contributed by atoms with Crippen LogP contribution in [0.3, 0.4) is 0 Å². The lowest BCUT2D eigenvalue weighted by atomic mass is 9.92. The van der Waals surface area contributed by atoms with Gasteiger partial charge in [-0.15, -0.1) is 0 Å². The highest BCUT2D eigenvalue weighted by Crippen LogP contribution is 2.25. The lowest BCUT2D eigenvalue weighted by Gasteiger charge is -2.35. The van der Waals surface area contributed by atoms with Crippen LogP contribution in [0.5, 0.6) is 0 Å². The average Bonchev–Trinajstić information content (AvgIpc) is 2.37. The lowest BCUT2D eigenvalue weighted by Crippen LogP contribution is -2.44. The van der Waals surface area contributed by atoms with Crippen molar-refractivity contribution in [2.24, 2.45) is 0 Å². The molecule has 2 rings (SSSR count). The first kappa shape index (κ1) is 13.3. The molecule has 0 spiro atoms. The largest absolute Gasteiger partial charge is 0.391 e. The number of aromatic nitrogens is 3. The molecule has 0 saturated heterocycles. The molecule has 2 atom stereocenters. The summed E-state index contributed by atoms with van der Waals surface area (Å²) in [6, 6.07) is 0.0434. The number of hydrogen-bond donors (Lipinski definition) is 2. The van der Waals surface area contributed by atoms with Gasteiger partial charge in [0.25, 0.3) is 0 Å². The number of anilines is 2. The van der Waals surface area contributed by atoms with Crippen LogP contribution in [-0.4, -0.2) is 46.3 Å². The third-order valence-electron chi connectivity index (χ3n) is 3.33. The summed E-state index contributed by atoms with van der Waals surface area (Å²) in [5.41, 5.74) is 0. The summed E-state index contributed by atoms with van der Waals surface area (Å²) >= 11 is 5.86. The average molecular weight is 272 g/mol. The minimum atomic E-state index is -0.336. The van der Waals surface area contributed by atoms with Crippen molar-refractivity contribution in [3.63, 3.8) is 0 Å². The van der Waals surface area contributed by atoms with Crippen molar-refractivity contribution < 1.29 is 5.11 Å². The van der Waals surface area contributed by atoms with Crippen LogP contribution in [0.4, 0.5) is 11.9 Å². The molecule has 100 valence electrons. The monoisotopic (exact) mass is 271 g/mol. The molecule has 1 heterocycles. The number of hydrogen-bond acceptors (Lipinski definition) is 6. The first-order valence-corrected chi connectivity index (χ1v) is 6.50. The number of halogens is 1. The maximum absolute atomic E-state index is 10.0. The highest BCUT2D eigenvalue weighted by atomic mass is 35.5. The Morgan fingerprint density at radius 2 is 2.00 bits per heavy atom. The predicted molar refractivity (Wildman–Crippen MR) is 71.0 cm³/mol. The molecule has 0 bridgehead atoms. The number of nitrogens with one attached hydrogen (secondary N) is 1. The third kappa shape index (κ3) is 2.81. The number of aliphatic hydroxyl groups is 1. The molecule has 18 heavy (non-hydrogen) atoms. The Bertz CT molecular complexity index is 416. The van der Waals surface area contributed by atoms with Gasteiger partial charge in [0, 0.05) is 14.1 Å². The second kappa shape index (κ2) is 5.67. The Morgan fingerprint density at radius 3 is 2.67 bits per heavy atom. The fraction of sp³-hybridized carbons (Fsp3) is 0.727. The third-order valence-corrected chi connectivity index (χ3v) is 3.50. The Hall–Kier alpha value is -1.14. The Kier molecular flexibility index (Phi) is 4.19. The molecule has 1 aromatic heterocycles. The number of rotatable bonds is 3. The van der Waals surface area contributed by atoms with Crippen molar-refractivity contribution in [2.45, 2.75) is 37.8 Å². The number of nitrogens with zero attached hydrogens (tertiary/aromatic N) is 4. The van der Waals surface area contributed by atoms with Crippen molar-refractivity contribution >= 4 is 23.5 Å². The van der Waals surface area contributed by atoms with E-state index in [1.54, 1.807) is 7.05 Å². The van der Waals surface area contributed by atoms with Gasteiger partial charge < -0.3 is 15.3 Å². The first-order valence-electron chi connectivity index (χ1n) is 6.12. The molecular formula is C11H18ClN5O. The minimum Gasteiger partial charge on any atom is -0.391 e. The van der Waals surface area contributed by atoms with E-state index < -0.39 is 0 Å². The summed E-state index contributed by atoms with van der Waals surface area (Å²) < 4.78 is 0. The molecule has 1 aliphatic rings. The maximum Gasteiger partial charge on any atom is 0.231 e. The quantitative estimate of drug-likeness (QED) is 0.863. The topological polar surface area (TPSA) is 74.2 Å². The van der Waals surface area contributed by atoms with E-state index in [9.17, 15) is 5.11 Å². The van der Waals surface area contributed by atoms with Crippen molar-refractivity contribution in [1.82, 2.24) is 15.0 Å². The fourth-order valence-corrected chi connectivity index (χ4v) is 2.46. The van der Waals surface area contributed by atoms with Crippen molar-refractivity contribution in [3.05, 3.63) is 5.28 Å². The maximum atomic E-state index is 10.0. The molecule has 7 heteroatoms. The van der Waals surface area contributed by atoms with Gasteiger partial charge in [-0.25, -0.2) is 0 Å². The zero-order valence-corrected chi connectivity index (χ0v) is 11.4. The lowest BCUT2D eigenvalue weighted by molar-refractivity contribution is 0.105. The predicted octanol–water partition coefficient (Wildman–Crippen LogP) is 1.31. The van der Waals surface area contributed by atoms with E-state index in [0.717, 1.165) is 25.7 Å². The molecular weight excluding hydrogens is 254 g/mol. The van der Waals surface area contributed by atoms with Crippen molar-refractivity contribution in [1.29, 1.82) is 0 Å². The van der Waals surface area contributed by atoms with Crippen LogP contribution < -0.4 is 10.2 Å². The summed E-state index contributed by atoms with van der Waals surface area (Å²) in [6.45, 7) is 0. The van der Waals surface area contributed by atoms with Crippen LogP contribution in [0.25, 0.3) is 0 Å². The highest BCUT2D eigenvalue weighted by molar-refractivity contribution is 6.28. The van der Waals surface area contributed by atoms with Crippen LogP contribution in [0.1, 0.15) is 25.7 Å². The van der Waals surface area contributed by atoms with E-state index in [0.29, 0.717) is 11.9 Å². The smallest absolute Gasteiger partial charge is 0.231 e. The summed E-state index contributed by atoms with van der Waals surface area (Å²) in [5, 5.41) is 13.0. The second-order valence-electron chi connectivity index (χ2n) is 4.51. The van der Waals surface area contributed by atoms with Gasteiger partial charge in [-0.1, -0.05) is 12.8 Å². The summed E-state index contributed by atoms with van der Waals surface area (Å²) in [6.07, 6.45) is 3.62. The molecule has 2 unspecified atom stereocenters. The van der Waals surface area contributed by atoms with Gasteiger partial charge in [-0.3, -0.25) is 0 Å². The van der Waals surface area contributed by atoms with E-state index in [2.05, 4.69) is 20.3 Å². The molecule has 0 aromatic carbocycles. The summed E-state index contributed by atoms with van der Waals surface area (Å²) in [5.74, 6) is 0.924. The van der Waals surface area contributed by atoms with E-state index in [1.165, 1.54) is 0 Å². The van der Waals surface area contributed by atoms with Gasteiger partial charge in [0.1, 0.15) is 0 Å². The van der Waals surface area contributed by atoms with Gasteiger partial charge in [-0.2, -0.15) is 15.0 Å². The molecule has 2 N–H and O–H groups in total. The van der Waals surface area contributed by atoms with Gasteiger partial charge in [0.05, 0.1) is 12.1 Å². The standard InChI is InChI=1S/C11H18ClN5O/c1-13-10-14-9(12)15-11(16-10)17(2)7-5-3-4-6-8(7)18/h7-8,18H,3-6H2,1-2H3,(H,13,14,15,16). The Balaban J connectivity index is 2.21. The van der Waals surface area contributed by atoms with Gasteiger partial charge in [0.2, 0.25) is 17.2 Å². The minimum absolute atomic E-state index is 0.0434. The summed E-state index contributed by atoms with van der Waals surface area (Å²) in [7, 11) is 3.61. The van der Waals surface area contributed by atoms with E-state index in [-0.39, 0.29) is 17.4 Å². The van der Waals surface area contributed by atoms with Crippen LogP contribution in [0.2, 0.25) is 5.28 Å². The molecule has 0 radical (unpaired) electrons. The van der Waals surface area contributed by atoms with Crippen LogP contribution in [0, 0.1) is 0 Å². The Labute approximate surface area is 111 Å². The van der Waals surface area contributed by atoms with Gasteiger partial charge in [-0.05, 0) is 24.4 Å². The number of likely N-dealkylation sites (N-methyl/N-ethyl adjacent to an activating group) is 1. The zero-order valence-electron chi connectivity index (χ0n) is 10.6. The molecule has 1 fully saturated rings. The highest BCUT2D eigenvalue weighted by Gasteiger charge is 2.28. The molecule has 1 aliphatic carbocycles. The second-order valence-corrected chi connectivity index (χ2v) is 4.85. The van der Waals surface area contributed by atoms with Crippen LogP contribution in [-0.2, 0) is 0 Å². The normalized spacial score (nSPS) is 23.8. The number of aliphatic hydroxyl groups excluding tert-OH is 1. The van der Waals surface area contributed by atoms with E-state index in [4.69, 9.17) is 11.6 Å². The Morgan fingerprint density at radius 1 is 1.28 bits per heavy atom. The van der Waals surface area contributed by atoms with Crippen LogP contribution >= 0.6 is 11.6 Å². The first-order chi connectivity index (χ1) is 8.61. The SMILES string of the molecule is CNc1nc(Cl)nc(N(C)C2CCCCC2O)n1. The van der Waals surface area contributed by atoms with E-state index >= 15 is 0 Å². The molecule has 0 aliphatic heterocycles. The zero-order chi connectivity index (χ0) is 13.1. The van der Waals surface area contributed by atoms with Crippen molar-refractivity contribution in [2.75, 3.05) is 24.3 Å². The fourth-order valence-electron chi connectivity index (χ4n) is 2.30. The molecule has 6 nitrogen and oxygen atoms in total. The van der Waals surface area contributed by atoms with Crippen LogP contribution in [0.15, 0.2) is 0 Å². The van der Waals surface area contributed by atoms with E-state index in [1.807, 2.05) is 11.9 Å². The molecule has 1 saturated carbocycles. The molecule has 1 aromatic rings. The summed E-state index contributed by atoms with van der Waals surface area (Å²) in [4.78, 5) is 14.2. The van der Waals surface area contributed by atoms with Gasteiger partial charge >= 0.3 is 0 Å². The molecule has 0 amide bonds.